The monoisotopic (exact) mass is 341 g/mol. The van der Waals surface area contributed by atoms with Gasteiger partial charge >= 0.3 is 0 Å². The van der Waals surface area contributed by atoms with Crippen molar-refractivity contribution in [1.82, 2.24) is 0 Å². The lowest BCUT2D eigenvalue weighted by Crippen LogP contribution is -2.43. The Bertz CT molecular complexity index is 784. The highest BCUT2D eigenvalue weighted by molar-refractivity contribution is 5.59. The summed E-state index contributed by atoms with van der Waals surface area (Å²) in [5.74, 6) is -0.220. The van der Waals surface area contributed by atoms with E-state index in [4.69, 9.17) is 9.47 Å². The first-order valence-corrected chi connectivity index (χ1v) is 8.84. The van der Waals surface area contributed by atoms with Gasteiger partial charge in [0.05, 0.1) is 19.3 Å². The first kappa shape index (κ1) is 16.6. The Hall–Kier alpha value is -1.91. The van der Waals surface area contributed by atoms with Gasteiger partial charge in [-0.15, -0.1) is 0 Å². The van der Waals surface area contributed by atoms with Gasteiger partial charge in [0.1, 0.15) is 18.0 Å². The van der Waals surface area contributed by atoms with E-state index in [0.717, 1.165) is 11.3 Å². The van der Waals surface area contributed by atoms with Crippen molar-refractivity contribution in [2.45, 2.75) is 44.4 Å². The highest BCUT2D eigenvalue weighted by atomic mass is 19.1. The van der Waals surface area contributed by atoms with Crippen LogP contribution in [0.15, 0.2) is 42.5 Å². The van der Waals surface area contributed by atoms with Crippen molar-refractivity contribution in [3.63, 3.8) is 0 Å². The summed E-state index contributed by atoms with van der Waals surface area (Å²) in [7, 11) is 0. The summed E-state index contributed by atoms with van der Waals surface area (Å²) in [4.78, 5) is 0. The fourth-order valence-corrected chi connectivity index (χ4v) is 3.71. The molecular formula is C21H24FNO2. The minimum absolute atomic E-state index is 0.0580. The van der Waals surface area contributed by atoms with Gasteiger partial charge in [0.15, 0.2) is 0 Å². The van der Waals surface area contributed by atoms with Gasteiger partial charge in [0.2, 0.25) is 0 Å². The molecule has 0 bridgehead atoms. The van der Waals surface area contributed by atoms with Crippen molar-refractivity contribution in [3.05, 3.63) is 65.0 Å². The number of rotatable bonds is 1. The molecule has 0 spiro atoms. The van der Waals surface area contributed by atoms with Gasteiger partial charge in [-0.05, 0) is 23.1 Å². The molecule has 3 atom stereocenters. The Morgan fingerprint density at radius 1 is 1.00 bits per heavy atom. The number of nitrogens with one attached hydrogen (secondary N) is 1. The Morgan fingerprint density at radius 3 is 2.52 bits per heavy atom. The van der Waals surface area contributed by atoms with Crippen LogP contribution in [0.25, 0.3) is 0 Å². The van der Waals surface area contributed by atoms with Crippen molar-refractivity contribution in [3.8, 4) is 0 Å². The standard InChI is InChI=1S/C21H24FNO2/c1-21(2,3)13-8-9-17-15(12-13)19-20(25-11-10-24-19)18(23-17)14-6-4-5-7-16(14)22/h4-9,12,18-20,23H,10-11H2,1-3H3/t18-,19+,20-/m0/s1. The fraction of sp³-hybridized carbons (Fsp3) is 0.429. The number of benzene rings is 2. The van der Waals surface area contributed by atoms with Gasteiger partial charge in [-0.25, -0.2) is 4.39 Å². The van der Waals surface area contributed by atoms with Crippen LogP contribution in [0.4, 0.5) is 10.1 Å². The molecule has 1 saturated heterocycles. The van der Waals surface area contributed by atoms with Crippen molar-refractivity contribution in [1.29, 1.82) is 0 Å². The van der Waals surface area contributed by atoms with Crippen molar-refractivity contribution in [2.75, 3.05) is 18.5 Å². The van der Waals surface area contributed by atoms with E-state index in [1.807, 2.05) is 12.1 Å². The van der Waals surface area contributed by atoms with E-state index < -0.39 is 0 Å². The molecule has 2 aliphatic heterocycles. The van der Waals surface area contributed by atoms with Crippen LogP contribution in [0, 0.1) is 5.82 Å². The van der Waals surface area contributed by atoms with Crippen LogP contribution in [-0.4, -0.2) is 19.3 Å². The lowest BCUT2D eigenvalue weighted by Gasteiger charge is -2.43. The van der Waals surface area contributed by atoms with Crippen molar-refractivity contribution in [2.24, 2.45) is 0 Å². The molecule has 1 fully saturated rings. The predicted molar refractivity (Wildman–Crippen MR) is 96.3 cm³/mol. The van der Waals surface area contributed by atoms with Gasteiger partial charge in [0.25, 0.3) is 0 Å². The Morgan fingerprint density at radius 2 is 1.76 bits per heavy atom. The fourth-order valence-electron chi connectivity index (χ4n) is 3.71. The molecule has 1 N–H and O–H groups in total. The Balaban J connectivity index is 1.79. The second kappa shape index (κ2) is 6.11. The second-order valence-electron chi connectivity index (χ2n) is 7.82. The molecule has 25 heavy (non-hydrogen) atoms. The molecule has 2 aromatic carbocycles. The molecule has 0 aliphatic carbocycles. The predicted octanol–water partition coefficient (Wildman–Crippen LogP) is 4.75. The zero-order chi connectivity index (χ0) is 17.6. The van der Waals surface area contributed by atoms with Gasteiger partial charge in [-0.3, -0.25) is 0 Å². The lowest BCUT2D eigenvalue weighted by atomic mass is 9.82. The Kier molecular flexibility index (Phi) is 4.05. The van der Waals surface area contributed by atoms with E-state index in [0.29, 0.717) is 18.8 Å². The van der Waals surface area contributed by atoms with E-state index in [2.05, 4.69) is 44.3 Å². The second-order valence-corrected chi connectivity index (χ2v) is 7.82. The molecule has 0 unspecified atom stereocenters. The zero-order valence-corrected chi connectivity index (χ0v) is 14.9. The first-order chi connectivity index (χ1) is 11.9. The third kappa shape index (κ3) is 2.94. The van der Waals surface area contributed by atoms with Crippen LogP contribution in [0.5, 0.6) is 0 Å². The average Bonchev–Trinajstić information content (AvgIpc) is 2.60. The minimum atomic E-state index is -0.264. The first-order valence-electron chi connectivity index (χ1n) is 8.84. The zero-order valence-electron chi connectivity index (χ0n) is 14.9. The molecular weight excluding hydrogens is 317 g/mol. The summed E-state index contributed by atoms with van der Waals surface area (Å²) in [5.41, 5.74) is 4.03. The van der Waals surface area contributed by atoms with Gasteiger partial charge in [-0.1, -0.05) is 51.1 Å². The number of hydrogen-bond donors (Lipinski definition) is 1. The maximum Gasteiger partial charge on any atom is 0.128 e. The number of halogens is 1. The van der Waals surface area contributed by atoms with Gasteiger partial charge in [-0.2, -0.15) is 0 Å². The van der Waals surface area contributed by atoms with Crippen LogP contribution in [0.3, 0.4) is 0 Å². The minimum Gasteiger partial charge on any atom is -0.375 e. The number of hydrogen-bond acceptors (Lipinski definition) is 3. The highest BCUT2D eigenvalue weighted by Gasteiger charge is 2.42. The molecule has 2 aromatic rings. The number of fused-ring (bicyclic) bond motifs is 3. The van der Waals surface area contributed by atoms with Crippen LogP contribution < -0.4 is 5.32 Å². The summed E-state index contributed by atoms with van der Waals surface area (Å²) >= 11 is 0. The largest absolute Gasteiger partial charge is 0.375 e. The highest BCUT2D eigenvalue weighted by Crippen LogP contribution is 2.45. The van der Waals surface area contributed by atoms with Crippen molar-refractivity contribution >= 4 is 5.69 Å². The molecule has 4 heteroatoms. The molecule has 132 valence electrons. The van der Waals surface area contributed by atoms with E-state index >= 15 is 0 Å². The molecule has 2 heterocycles. The van der Waals surface area contributed by atoms with Gasteiger partial charge < -0.3 is 14.8 Å². The molecule has 2 aliphatic rings. The average molecular weight is 341 g/mol. The topological polar surface area (TPSA) is 30.5 Å². The van der Waals surface area contributed by atoms with E-state index in [-0.39, 0.29) is 29.5 Å². The summed E-state index contributed by atoms with van der Waals surface area (Å²) in [6.07, 6.45) is -0.426. The van der Waals surface area contributed by atoms with Crippen LogP contribution in [0.2, 0.25) is 0 Å². The van der Waals surface area contributed by atoms with Crippen molar-refractivity contribution < 1.29 is 13.9 Å². The molecule has 4 rings (SSSR count). The summed E-state index contributed by atoms with van der Waals surface area (Å²) in [6, 6.07) is 13.0. The van der Waals surface area contributed by atoms with Crippen LogP contribution in [0.1, 0.15) is 49.6 Å². The quantitative estimate of drug-likeness (QED) is 0.812. The lowest BCUT2D eigenvalue weighted by molar-refractivity contribution is -0.151. The smallest absolute Gasteiger partial charge is 0.128 e. The van der Waals surface area contributed by atoms with Crippen LogP contribution >= 0.6 is 0 Å². The van der Waals surface area contributed by atoms with E-state index in [1.165, 1.54) is 11.6 Å². The number of anilines is 1. The summed E-state index contributed by atoms with van der Waals surface area (Å²) in [6.45, 7) is 7.68. The van der Waals surface area contributed by atoms with E-state index in [1.54, 1.807) is 6.07 Å². The SMILES string of the molecule is CC(C)(C)c1ccc2c(c1)[C@H]1OCCO[C@H]1[C@H](c1ccccc1F)N2. The summed E-state index contributed by atoms with van der Waals surface area (Å²) in [5, 5.41) is 3.49. The van der Waals surface area contributed by atoms with E-state index in [9.17, 15) is 4.39 Å². The Labute approximate surface area is 148 Å². The number of ether oxygens (including phenoxy) is 2. The maximum absolute atomic E-state index is 14.4. The third-order valence-electron chi connectivity index (χ3n) is 5.09. The van der Waals surface area contributed by atoms with Gasteiger partial charge in [0, 0.05) is 16.8 Å². The molecule has 0 amide bonds. The third-order valence-corrected chi connectivity index (χ3v) is 5.09. The molecule has 0 aromatic heterocycles. The van der Waals surface area contributed by atoms with Crippen LogP contribution in [-0.2, 0) is 14.9 Å². The molecule has 3 nitrogen and oxygen atoms in total. The molecule has 0 radical (unpaired) electrons. The molecule has 0 saturated carbocycles. The maximum atomic E-state index is 14.4. The summed E-state index contributed by atoms with van der Waals surface area (Å²) < 4.78 is 26.5. The normalized spacial score (nSPS) is 25.7.